The summed E-state index contributed by atoms with van der Waals surface area (Å²) in [6, 6.07) is 8.90. The van der Waals surface area contributed by atoms with Gasteiger partial charge < -0.3 is 14.5 Å². The Kier molecular flexibility index (Phi) is 4.57. The quantitative estimate of drug-likeness (QED) is 0.860. The maximum Gasteiger partial charge on any atom is 0.264 e. The number of ether oxygens (including phenoxy) is 1. The zero-order valence-corrected chi connectivity index (χ0v) is 14.8. The van der Waals surface area contributed by atoms with Crippen molar-refractivity contribution in [2.75, 3.05) is 25.1 Å². The van der Waals surface area contributed by atoms with Crippen LogP contribution in [0.2, 0.25) is 0 Å². The van der Waals surface area contributed by atoms with Gasteiger partial charge in [-0.3, -0.25) is 9.59 Å². The molecule has 0 saturated carbocycles. The fourth-order valence-corrected chi connectivity index (χ4v) is 3.62. The van der Waals surface area contributed by atoms with Crippen molar-refractivity contribution in [2.24, 2.45) is 0 Å². The van der Waals surface area contributed by atoms with E-state index in [1.165, 1.54) is 11.3 Å². The average molecular weight is 344 g/mol. The number of hydrogen-bond acceptors (Lipinski definition) is 4. The monoisotopic (exact) mass is 344 g/mol. The second-order valence-corrected chi connectivity index (χ2v) is 6.76. The number of thiophene rings is 1. The minimum atomic E-state index is -0.501. The SMILES string of the molecule is COc1ccc(C)cc1N1CCN(C(=O)c2cccs2)[C@@H](C)C1=O. The standard InChI is InChI=1S/C18H20N2O3S/c1-12-6-7-15(23-3)14(11-12)20-9-8-19(13(2)17(20)21)18(22)16-5-4-10-24-16/h4-7,10-11,13H,8-9H2,1-3H3/t13-/m0/s1. The van der Waals surface area contributed by atoms with Gasteiger partial charge in [0.2, 0.25) is 5.91 Å². The number of carbonyl (C=O) groups is 2. The largest absolute Gasteiger partial charge is 0.495 e. The van der Waals surface area contributed by atoms with E-state index in [0.29, 0.717) is 23.7 Å². The van der Waals surface area contributed by atoms with Crippen molar-refractivity contribution in [3.05, 3.63) is 46.2 Å². The number of anilines is 1. The highest BCUT2D eigenvalue weighted by molar-refractivity contribution is 7.12. The van der Waals surface area contributed by atoms with E-state index in [4.69, 9.17) is 4.74 Å². The molecular formula is C18H20N2O3S. The number of carbonyl (C=O) groups excluding carboxylic acids is 2. The lowest BCUT2D eigenvalue weighted by molar-refractivity contribution is -0.124. The Balaban J connectivity index is 1.85. The van der Waals surface area contributed by atoms with Gasteiger partial charge in [0.15, 0.2) is 0 Å². The van der Waals surface area contributed by atoms with Crippen LogP contribution in [0.1, 0.15) is 22.2 Å². The third-order valence-electron chi connectivity index (χ3n) is 4.27. The van der Waals surface area contributed by atoms with Gasteiger partial charge >= 0.3 is 0 Å². The van der Waals surface area contributed by atoms with Crippen molar-refractivity contribution in [2.45, 2.75) is 19.9 Å². The van der Waals surface area contributed by atoms with Crippen LogP contribution in [-0.2, 0) is 4.79 Å². The topological polar surface area (TPSA) is 49.9 Å². The van der Waals surface area contributed by atoms with Gasteiger partial charge in [0.25, 0.3) is 5.91 Å². The highest BCUT2D eigenvalue weighted by atomic mass is 32.1. The summed E-state index contributed by atoms with van der Waals surface area (Å²) >= 11 is 1.40. The number of hydrogen-bond donors (Lipinski definition) is 0. The van der Waals surface area contributed by atoms with Crippen LogP contribution in [0.3, 0.4) is 0 Å². The molecule has 6 heteroatoms. The maximum absolute atomic E-state index is 12.9. The Bertz CT molecular complexity index is 758. The molecule has 126 valence electrons. The first-order valence-electron chi connectivity index (χ1n) is 7.83. The maximum atomic E-state index is 12.9. The molecule has 1 aromatic heterocycles. The van der Waals surface area contributed by atoms with Crippen LogP contribution in [0.4, 0.5) is 5.69 Å². The van der Waals surface area contributed by atoms with Gasteiger partial charge in [-0.25, -0.2) is 0 Å². The predicted molar refractivity (Wildman–Crippen MR) is 94.9 cm³/mol. The Morgan fingerprint density at radius 1 is 1.29 bits per heavy atom. The third-order valence-corrected chi connectivity index (χ3v) is 5.13. The molecule has 1 fully saturated rings. The van der Waals surface area contributed by atoms with Gasteiger partial charge in [0, 0.05) is 13.1 Å². The number of aryl methyl sites for hydroxylation is 1. The highest BCUT2D eigenvalue weighted by Gasteiger charge is 2.36. The summed E-state index contributed by atoms with van der Waals surface area (Å²) in [6.45, 7) is 4.72. The Morgan fingerprint density at radius 3 is 2.75 bits per heavy atom. The van der Waals surface area contributed by atoms with Crippen LogP contribution in [0.5, 0.6) is 5.75 Å². The fraction of sp³-hybridized carbons (Fsp3) is 0.333. The molecule has 1 atom stereocenters. The first kappa shape index (κ1) is 16.5. The third kappa shape index (κ3) is 2.89. The van der Waals surface area contributed by atoms with Gasteiger partial charge in [-0.2, -0.15) is 0 Å². The number of methoxy groups -OCH3 is 1. The second kappa shape index (κ2) is 6.65. The molecule has 24 heavy (non-hydrogen) atoms. The molecule has 1 saturated heterocycles. The number of rotatable bonds is 3. The van der Waals surface area contributed by atoms with E-state index in [1.807, 2.05) is 36.6 Å². The van der Waals surface area contributed by atoms with Gasteiger partial charge in [0.05, 0.1) is 17.7 Å². The van der Waals surface area contributed by atoms with E-state index in [1.54, 1.807) is 29.9 Å². The van der Waals surface area contributed by atoms with Crippen molar-refractivity contribution in [1.82, 2.24) is 4.90 Å². The van der Waals surface area contributed by atoms with Gasteiger partial charge in [0.1, 0.15) is 11.8 Å². The highest BCUT2D eigenvalue weighted by Crippen LogP contribution is 2.32. The lowest BCUT2D eigenvalue weighted by Gasteiger charge is -2.39. The molecule has 0 unspecified atom stereocenters. The van der Waals surface area contributed by atoms with Crippen LogP contribution < -0.4 is 9.64 Å². The van der Waals surface area contributed by atoms with E-state index in [9.17, 15) is 9.59 Å². The van der Waals surface area contributed by atoms with Gasteiger partial charge in [-0.15, -0.1) is 11.3 Å². The van der Waals surface area contributed by atoms with Crippen LogP contribution in [0.15, 0.2) is 35.7 Å². The molecule has 1 aromatic carbocycles. The number of piperazine rings is 1. The zero-order valence-electron chi connectivity index (χ0n) is 14.0. The molecule has 2 heterocycles. The second-order valence-electron chi connectivity index (χ2n) is 5.82. The van der Waals surface area contributed by atoms with E-state index in [2.05, 4.69) is 0 Å². The summed E-state index contributed by atoms with van der Waals surface area (Å²) in [6.07, 6.45) is 0. The average Bonchev–Trinajstić information content (AvgIpc) is 3.11. The van der Waals surface area contributed by atoms with Gasteiger partial charge in [-0.05, 0) is 43.0 Å². The van der Waals surface area contributed by atoms with Crippen LogP contribution in [0.25, 0.3) is 0 Å². The molecule has 2 aromatic rings. The summed E-state index contributed by atoms with van der Waals surface area (Å²) in [7, 11) is 1.60. The smallest absolute Gasteiger partial charge is 0.264 e. The number of nitrogens with zero attached hydrogens (tertiary/aromatic N) is 2. The Morgan fingerprint density at radius 2 is 2.08 bits per heavy atom. The minimum Gasteiger partial charge on any atom is -0.495 e. The Labute approximate surface area is 145 Å². The minimum absolute atomic E-state index is 0.0818. The lowest BCUT2D eigenvalue weighted by Crippen LogP contribution is -2.57. The van der Waals surface area contributed by atoms with E-state index >= 15 is 0 Å². The van der Waals surface area contributed by atoms with Crippen molar-refractivity contribution in [1.29, 1.82) is 0 Å². The normalized spacial score (nSPS) is 18.0. The molecule has 0 aliphatic carbocycles. The molecule has 1 aliphatic rings. The summed E-state index contributed by atoms with van der Waals surface area (Å²) in [5.41, 5.74) is 1.82. The summed E-state index contributed by atoms with van der Waals surface area (Å²) in [5, 5.41) is 1.87. The lowest BCUT2D eigenvalue weighted by atomic mass is 10.1. The molecule has 5 nitrogen and oxygen atoms in total. The molecule has 2 amide bonds. The van der Waals surface area contributed by atoms with Crippen molar-refractivity contribution in [3.63, 3.8) is 0 Å². The fourth-order valence-electron chi connectivity index (χ4n) is 2.94. The number of amides is 2. The van der Waals surface area contributed by atoms with Crippen molar-refractivity contribution in [3.8, 4) is 5.75 Å². The van der Waals surface area contributed by atoms with Crippen LogP contribution in [-0.4, -0.2) is 43.0 Å². The van der Waals surface area contributed by atoms with E-state index in [0.717, 1.165) is 11.3 Å². The molecular weight excluding hydrogens is 324 g/mol. The molecule has 0 bridgehead atoms. The van der Waals surface area contributed by atoms with Crippen molar-refractivity contribution >= 4 is 28.8 Å². The first-order chi connectivity index (χ1) is 11.5. The van der Waals surface area contributed by atoms with Gasteiger partial charge in [-0.1, -0.05) is 12.1 Å². The van der Waals surface area contributed by atoms with E-state index in [-0.39, 0.29) is 11.8 Å². The summed E-state index contributed by atoms with van der Waals surface area (Å²) < 4.78 is 5.40. The molecule has 1 aliphatic heterocycles. The Hall–Kier alpha value is -2.34. The van der Waals surface area contributed by atoms with Crippen molar-refractivity contribution < 1.29 is 14.3 Å². The predicted octanol–water partition coefficient (Wildman–Crippen LogP) is 2.94. The molecule has 3 rings (SSSR count). The number of benzene rings is 1. The molecule has 0 spiro atoms. The van der Waals surface area contributed by atoms with Crippen LogP contribution >= 0.6 is 11.3 Å². The summed E-state index contributed by atoms with van der Waals surface area (Å²) in [4.78, 5) is 29.5. The molecule has 0 radical (unpaired) electrons. The summed E-state index contributed by atoms with van der Waals surface area (Å²) in [5.74, 6) is 0.496. The van der Waals surface area contributed by atoms with E-state index < -0.39 is 6.04 Å². The first-order valence-corrected chi connectivity index (χ1v) is 8.71. The zero-order chi connectivity index (χ0) is 17.3. The van der Waals surface area contributed by atoms with Crippen LogP contribution in [0, 0.1) is 6.92 Å². The molecule has 0 N–H and O–H groups in total.